The number of aliphatic hydroxyl groups is 1. The molecule has 0 aromatic rings. The minimum Gasteiger partial charge on any atom is -0.395 e. The third kappa shape index (κ3) is 3.81. The van der Waals surface area contributed by atoms with E-state index in [1.165, 1.54) is 6.92 Å². The number of nitrogens with one attached hydrogen (secondary N) is 1. The van der Waals surface area contributed by atoms with E-state index in [1.54, 1.807) is 4.90 Å². The number of hydrogen-bond acceptors (Lipinski definition) is 3. The van der Waals surface area contributed by atoms with E-state index in [0.717, 1.165) is 19.3 Å². The van der Waals surface area contributed by atoms with Crippen LogP contribution in [0.15, 0.2) is 0 Å². The molecule has 0 unspecified atom stereocenters. The normalized spacial score (nSPS) is 15.4. The molecular formula is C11H20N2O3. The fourth-order valence-corrected chi connectivity index (χ4v) is 1.81. The van der Waals surface area contributed by atoms with Crippen LogP contribution in [0.2, 0.25) is 0 Å². The van der Waals surface area contributed by atoms with Crippen LogP contribution in [0.5, 0.6) is 0 Å². The molecule has 0 atom stereocenters. The summed E-state index contributed by atoms with van der Waals surface area (Å²) < 4.78 is 0. The van der Waals surface area contributed by atoms with Crippen LogP contribution in [-0.2, 0) is 9.59 Å². The van der Waals surface area contributed by atoms with Crippen molar-refractivity contribution < 1.29 is 14.7 Å². The number of aliphatic hydroxyl groups excluding tert-OH is 1. The maximum atomic E-state index is 11.8. The van der Waals surface area contributed by atoms with Crippen molar-refractivity contribution in [3.63, 3.8) is 0 Å². The summed E-state index contributed by atoms with van der Waals surface area (Å²) in [6.07, 6.45) is 3.54. The summed E-state index contributed by atoms with van der Waals surface area (Å²) in [5.41, 5.74) is 0. The van der Waals surface area contributed by atoms with Crippen molar-refractivity contribution in [1.29, 1.82) is 0 Å². The van der Waals surface area contributed by atoms with E-state index < -0.39 is 0 Å². The number of carbonyl (C=O) groups is 2. The molecule has 1 fully saturated rings. The smallest absolute Gasteiger partial charge is 0.224 e. The molecule has 2 N–H and O–H groups in total. The average molecular weight is 228 g/mol. The average Bonchev–Trinajstić information content (AvgIpc) is 2.13. The van der Waals surface area contributed by atoms with Gasteiger partial charge < -0.3 is 15.3 Å². The Hall–Kier alpha value is -1.10. The minimum atomic E-state index is -0.120. The zero-order valence-corrected chi connectivity index (χ0v) is 9.74. The lowest BCUT2D eigenvalue weighted by Crippen LogP contribution is -2.46. The fourth-order valence-electron chi connectivity index (χ4n) is 1.81. The van der Waals surface area contributed by atoms with Crippen molar-refractivity contribution in [3.8, 4) is 0 Å². The molecule has 0 aliphatic heterocycles. The topological polar surface area (TPSA) is 69.6 Å². The summed E-state index contributed by atoms with van der Waals surface area (Å²) in [7, 11) is 0. The first-order chi connectivity index (χ1) is 7.65. The maximum Gasteiger partial charge on any atom is 0.224 e. The van der Waals surface area contributed by atoms with E-state index in [0.29, 0.717) is 25.6 Å². The second-order valence-corrected chi connectivity index (χ2v) is 4.13. The monoisotopic (exact) mass is 228 g/mol. The van der Waals surface area contributed by atoms with E-state index in [2.05, 4.69) is 5.32 Å². The molecule has 0 radical (unpaired) electrons. The summed E-state index contributed by atoms with van der Waals surface area (Å²) in [6, 6.07) is 0.303. The van der Waals surface area contributed by atoms with Gasteiger partial charge in [0.1, 0.15) is 0 Å². The zero-order chi connectivity index (χ0) is 12.0. The molecule has 16 heavy (non-hydrogen) atoms. The van der Waals surface area contributed by atoms with E-state index >= 15 is 0 Å². The van der Waals surface area contributed by atoms with Gasteiger partial charge in [-0.05, 0) is 19.3 Å². The quantitative estimate of drug-likeness (QED) is 0.666. The van der Waals surface area contributed by atoms with Crippen molar-refractivity contribution in [3.05, 3.63) is 0 Å². The van der Waals surface area contributed by atoms with E-state index in [4.69, 9.17) is 5.11 Å². The Balaban J connectivity index is 2.31. The SMILES string of the molecule is CC(=O)NCCC(=O)N(CCO)C1CCC1. The molecule has 0 aromatic carbocycles. The van der Waals surface area contributed by atoms with Crippen LogP contribution >= 0.6 is 0 Å². The molecular weight excluding hydrogens is 208 g/mol. The molecule has 5 nitrogen and oxygen atoms in total. The van der Waals surface area contributed by atoms with Crippen molar-refractivity contribution in [2.75, 3.05) is 19.7 Å². The number of carbonyl (C=O) groups excluding carboxylic acids is 2. The van der Waals surface area contributed by atoms with Gasteiger partial charge in [-0.1, -0.05) is 0 Å². The first-order valence-electron chi connectivity index (χ1n) is 5.80. The van der Waals surface area contributed by atoms with E-state index in [9.17, 15) is 9.59 Å². The van der Waals surface area contributed by atoms with Crippen molar-refractivity contribution in [2.45, 2.75) is 38.6 Å². The summed E-state index contributed by atoms with van der Waals surface area (Å²) in [4.78, 5) is 24.2. The first-order valence-corrected chi connectivity index (χ1v) is 5.80. The standard InChI is InChI=1S/C11H20N2O3/c1-9(15)12-6-5-11(16)13(7-8-14)10-3-2-4-10/h10,14H,2-8H2,1H3,(H,12,15). The van der Waals surface area contributed by atoms with Gasteiger partial charge in [-0.2, -0.15) is 0 Å². The Kier molecular flexibility index (Phi) is 5.25. The van der Waals surface area contributed by atoms with Crippen molar-refractivity contribution in [1.82, 2.24) is 10.2 Å². The summed E-state index contributed by atoms with van der Waals surface area (Å²) in [6.45, 7) is 2.22. The molecule has 0 spiro atoms. The summed E-state index contributed by atoms with van der Waals surface area (Å²) in [5.74, 6) is -0.0994. The second kappa shape index (κ2) is 6.48. The Labute approximate surface area is 95.8 Å². The molecule has 1 saturated carbocycles. The minimum absolute atomic E-state index is 0.00236. The van der Waals surface area contributed by atoms with Crippen LogP contribution < -0.4 is 5.32 Å². The first kappa shape index (κ1) is 13.0. The number of hydrogen-bond donors (Lipinski definition) is 2. The predicted molar refractivity (Wildman–Crippen MR) is 59.7 cm³/mol. The second-order valence-electron chi connectivity index (χ2n) is 4.13. The fraction of sp³-hybridized carbons (Fsp3) is 0.818. The molecule has 1 aliphatic carbocycles. The number of nitrogens with zero attached hydrogens (tertiary/aromatic N) is 1. The van der Waals surface area contributed by atoms with Gasteiger partial charge in [0.15, 0.2) is 0 Å². The van der Waals surface area contributed by atoms with Gasteiger partial charge in [0, 0.05) is 32.5 Å². The molecule has 1 aliphatic rings. The molecule has 92 valence electrons. The highest BCUT2D eigenvalue weighted by Crippen LogP contribution is 2.24. The van der Waals surface area contributed by atoms with Crippen molar-refractivity contribution in [2.24, 2.45) is 0 Å². The highest BCUT2D eigenvalue weighted by Gasteiger charge is 2.27. The third-order valence-electron chi connectivity index (χ3n) is 2.89. The Morgan fingerprint density at radius 3 is 2.56 bits per heavy atom. The van der Waals surface area contributed by atoms with Gasteiger partial charge in [-0.15, -0.1) is 0 Å². The highest BCUT2D eigenvalue weighted by molar-refractivity contribution is 5.78. The van der Waals surface area contributed by atoms with Crippen LogP contribution in [-0.4, -0.2) is 47.6 Å². The lowest BCUT2D eigenvalue weighted by molar-refractivity contribution is -0.135. The van der Waals surface area contributed by atoms with Gasteiger partial charge in [0.05, 0.1) is 6.61 Å². The van der Waals surface area contributed by atoms with Gasteiger partial charge in [-0.3, -0.25) is 9.59 Å². The van der Waals surface area contributed by atoms with Crippen LogP contribution in [0, 0.1) is 0 Å². The van der Waals surface area contributed by atoms with Gasteiger partial charge in [0.2, 0.25) is 11.8 Å². The van der Waals surface area contributed by atoms with Gasteiger partial charge >= 0.3 is 0 Å². The zero-order valence-electron chi connectivity index (χ0n) is 9.74. The molecule has 2 amide bonds. The van der Waals surface area contributed by atoms with Crippen molar-refractivity contribution >= 4 is 11.8 Å². The predicted octanol–water partition coefficient (Wildman–Crippen LogP) is -0.114. The lowest BCUT2D eigenvalue weighted by Gasteiger charge is -2.37. The molecule has 5 heteroatoms. The molecule has 0 bridgehead atoms. The van der Waals surface area contributed by atoms with E-state index in [-0.39, 0.29) is 18.4 Å². The number of rotatable bonds is 6. The largest absolute Gasteiger partial charge is 0.395 e. The van der Waals surface area contributed by atoms with E-state index in [1.807, 2.05) is 0 Å². The lowest BCUT2D eigenvalue weighted by atomic mass is 9.91. The Morgan fingerprint density at radius 1 is 1.44 bits per heavy atom. The highest BCUT2D eigenvalue weighted by atomic mass is 16.3. The number of amides is 2. The molecule has 1 rings (SSSR count). The molecule has 0 aromatic heterocycles. The molecule has 0 heterocycles. The van der Waals surface area contributed by atoms with Crippen LogP contribution in [0.1, 0.15) is 32.6 Å². The van der Waals surface area contributed by atoms with Gasteiger partial charge in [0.25, 0.3) is 0 Å². The Morgan fingerprint density at radius 2 is 2.12 bits per heavy atom. The van der Waals surface area contributed by atoms with Gasteiger partial charge in [-0.25, -0.2) is 0 Å². The van der Waals surface area contributed by atoms with Crippen LogP contribution in [0.4, 0.5) is 0 Å². The summed E-state index contributed by atoms with van der Waals surface area (Å²) >= 11 is 0. The summed E-state index contributed by atoms with van der Waals surface area (Å²) in [5, 5.41) is 11.5. The molecule has 0 saturated heterocycles. The van der Waals surface area contributed by atoms with Crippen LogP contribution in [0.25, 0.3) is 0 Å². The third-order valence-corrected chi connectivity index (χ3v) is 2.89. The van der Waals surface area contributed by atoms with Crippen LogP contribution in [0.3, 0.4) is 0 Å². The maximum absolute atomic E-state index is 11.8. The Bertz CT molecular complexity index is 252.